The standard InChI is InChI=1S/C28H32N2O5/c1-3-17(2)25(26(31)29-19-10-8-9-18(15-19)27(32)33)30-28(34)35-16-24-22-13-6-4-11-20(22)21-12-5-7-14-23(21)24/h4-8,10-14,17-19,24-25H,3,9,15-16H2,1-2H3,(H,29,31)(H,30,34)(H,32,33). The number of aliphatic carboxylic acids is 1. The van der Waals surface area contributed by atoms with Crippen LogP contribution in [0.25, 0.3) is 11.1 Å². The molecule has 7 nitrogen and oxygen atoms in total. The van der Waals surface area contributed by atoms with E-state index in [9.17, 15) is 19.5 Å². The number of allylic oxidation sites excluding steroid dienone is 1. The summed E-state index contributed by atoms with van der Waals surface area (Å²) in [5.74, 6) is -1.93. The van der Waals surface area contributed by atoms with Gasteiger partial charge in [-0.1, -0.05) is 81.0 Å². The number of fused-ring (bicyclic) bond motifs is 3. The summed E-state index contributed by atoms with van der Waals surface area (Å²) >= 11 is 0. The van der Waals surface area contributed by atoms with Crippen LogP contribution in [0.2, 0.25) is 0 Å². The van der Waals surface area contributed by atoms with Gasteiger partial charge in [0, 0.05) is 12.0 Å². The summed E-state index contributed by atoms with van der Waals surface area (Å²) in [6, 6.07) is 15.1. The molecule has 0 saturated heterocycles. The Labute approximate surface area is 205 Å². The molecule has 2 aliphatic carbocycles. The van der Waals surface area contributed by atoms with Gasteiger partial charge in [-0.05, 0) is 41.0 Å². The third kappa shape index (κ3) is 5.39. The smallest absolute Gasteiger partial charge is 0.407 e. The number of ether oxygens (including phenoxy) is 1. The molecule has 0 heterocycles. The first-order chi connectivity index (χ1) is 16.9. The summed E-state index contributed by atoms with van der Waals surface area (Å²) in [5, 5.41) is 14.9. The van der Waals surface area contributed by atoms with E-state index in [1.807, 2.05) is 44.2 Å². The van der Waals surface area contributed by atoms with Crippen molar-refractivity contribution in [2.45, 2.75) is 51.1 Å². The van der Waals surface area contributed by atoms with E-state index in [4.69, 9.17) is 4.74 Å². The molecule has 4 atom stereocenters. The zero-order valence-corrected chi connectivity index (χ0v) is 20.1. The number of carboxylic acid groups (broad SMARTS) is 1. The number of carbonyl (C=O) groups excluding carboxylic acids is 2. The molecule has 0 bridgehead atoms. The minimum absolute atomic E-state index is 0.0654. The van der Waals surface area contributed by atoms with Crippen LogP contribution in [-0.4, -0.2) is 41.8 Å². The Kier molecular flexibility index (Phi) is 7.54. The van der Waals surface area contributed by atoms with Crippen molar-refractivity contribution in [1.29, 1.82) is 0 Å². The van der Waals surface area contributed by atoms with E-state index < -0.39 is 24.0 Å². The van der Waals surface area contributed by atoms with Crippen LogP contribution >= 0.6 is 0 Å². The molecule has 4 rings (SSSR count). The molecule has 2 aliphatic rings. The first-order valence-electron chi connectivity index (χ1n) is 12.2. The fourth-order valence-electron chi connectivity index (χ4n) is 4.94. The summed E-state index contributed by atoms with van der Waals surface area (Å²) in [6.07, 6.45) is 4.42. The number of benzene rings is 2. The second-order valence-corrected chi connectivity index (χ2v) is 9.38. The Morgan fingerprint density at radius 3 is 2.29 bits per heavy atom. The minimum atomic E-state index is -0.871. The molecule has 2 aromatic rings. The Morgan fingerprint density at radius 1 is 1.06 bits per heavy atom. The third-order valence-corrected chi connectivity index (χ3v) is 7.12. The molecule has 2 aromatic carbocycles. The van der Waals surface area contributed by atoms with Crippen LogP contribution in [0.1, 0.15) is 50.2 Å². The van der Waals surface area contributed by atoms with E-state index in [-0.39, 0.29) is 30.4 Å². The Morgan fingerprint density at radius 2 is 1.69 bits per heavy atom. The Balaban J connectivity index is 1.40. The lowest BCUT2D eigenvalue weighted by Gasteiger charge is -2.28. The quantitative estimate of drug-likeness (QED) is 0.488. The van der Waals surface area contributed by atoms with Crippen molar-refractivity contribution in [3.63, 3.8) is 0 Å². The van der Waals surface area contributed by atoms with Gasteiger partial charge in [0.05, 0.1) is 5.92 Å². The highest BCUT2D eigenvalue weighted by atomic mass is 16.5. The van der Waals surface area contributed by atoms with E-state index >= 15 is 0 Å². The monoisotopic (exact) mass is 476 g/mol. The van der Waals surface area contributed by atoms with Crippen LogP contribution in [0.15, 0.2) is 60.7 Å². The lowest BCUT2D eigenvalue weighted by molar-refractivity contribution is -0.142. The number of nitrogens with one attached hydrogen (secondary N) is 2. The summed E-state index contributed by atoms with van der Waals surface area (Å²) in [5.41, 5.74) is 4.54. The summed E-state index contributed by atoms with van der Waals surface area (Å²) in [7, 11) is 0. The molecule has 2 amide bonds. The van der Waals surface area contributed by atoms with Gasteiger partial charge in [-0.25, -0.2) is 4.79 Å². The second-order valence-electron chi connectivity index (χ2n) is 9.38. The number of hydrogen-bond donors (Lipinski definition) is 3. The number of amides is 2. The molecule has 0 spiro atoms. The molecule has 7 heteroatoms. The van der Waals surface area contributed by atoms with Gasteiger partial charge in [0.15, 0.2) is 0 Å². The topological polar surface area (TPSA) is 105 Å². The lowest BCUT2D eigenvalue weighted by atomic mass is 9.90. The highest BCUT2D eigenvalue weighted by Crippen LogP contribution is 2.44. The fourth-order valence-corrected chi connectivity index (χ4v) is 4.94. The SMILES string of the molecule is CCC(C)C(NC(=O)OCC1c2ccccc2-c2ccccc21)C(=O)NC1C=CCC(C(=O)O)C1. The van der Waals surface area contributed by atoms with Crippen molar-refractivity contribution in [3.8, 4) is 11.1 Å². The molecule has 184 valence electrons. The summed E-state index contributed by atoms with van der Waals surface area (Å²) in [6.45, 7) is 4.01. The van der Waals surface area contributed by atoms with Gasteiger partial charge in [0.2, 0.25) is 5.91 Å². The van der Waals surface area contributed by atoms with Crippen LogP contribution in [0.5, 0.6) is 0 Å². The molecule has 0 aliphatic heterocycles. The maximum Gasteiger partial charge on any atom is 0.407 e. The predicted octanol–water partition coefficient (Wildman–Crippen LogP) is 4.48. The molecule has 3 N–H and O–H groups in total. The molecule has 4 unspecified atom stereocenters. The van der Waals surface area contributed by atoms with E-state index in [1.54, 1.807) is 6.08 Å². The maximum absolute atomic E-state index is 13.0. The van der Waals surface area contributed by atoms with Crippen molar-refractivity contribution >= 4 is 18.0 Å². The molecule has 0 aromatic heterocycles. The normalized spacial score (nSPS) is 20.3. The largest absolute Gasteiger partial charge is 0.481 e. The molecular weight excluding hydrogens is 444 g/mol. The first-order valence-corrected chi connectivity index (χ1v) is 12.2. The van der Waals surface area contributed by atoms with Crippen LogP contribution in [0, 0.1) is 11.8 Å². The minimum Gasteiger partial charge on any atom is -0.481 e. The third-order valence-electron chi connectivity index (χ3n) is 7.12. The second kappa shape index (κ2) is 10.8. The van der Waals surface area contributed by atoms with Crippen LogP contribution in [-0.2, 0) is 14.3 Å². The van der Waals surface area contributed by atoms with E-state index in [1.165, 1.54) is 0 Å². The van der Waals surface area contributed by atoms with Crippen molar-refractivity contribution in [2.75, 3.05) is 6.61 Å². The van der Waals surface area contributed by atoms with Gasteiger partial charge >= 0.3 is 12.1 Å². The lowest BCUT2D eigenvalue weighted by Crippen LogP contribution is -2.53. The number of rotatable bonds is 8. The molecule has 0 radical (unpaired) electrons. The van der Waals surface area contributed by atoms with E-state index in [2.05, 4.69) is 34.9 Å². The number of carbonyl (C=O) groups is 3. The fraction of sp³-hybridized carbons (Fsp3) is 0.393. The average molecular weight is 477 g/mol. The predicted molar refractivity (Wildman–Crippen MR) is 133 cm³/mol. The molecular formula is C28H32N2O5. The Hall–Kier alpha value is -3.61. The van der Waals surface area contributed by atoms with Gasteiger partial charge in [-0.15, -0.1) is 0 Å². The van der Waals surface area contributed by atoms with Crippen molar-refractivity contribution < 1.29 is 24.2 Å². The van der Waals surface area contributed by atoms with Gasteiger partial charge in [0.1, 0.15) is 12.6 Å². The average Bonchev–Trinajstić information content (AvgIpc) is 3.19. The Bertz CT molecular complexity index is 1080. The highest BCUT2D eigenvalue weighted by Gasteiger charge is 2.32. The number of carboxylic acids is 1. The molecule has 0 fully saturated rings. The summed E-state index contributed by atoms with van der Waals surface area (Å²) in [4.78, 5) is 37.2. The van der Waals surface area contributed by atoms with E-state index in [0.717, 1.165) is 22.3 Å². The number of hydrogen-bond acceptors (Lipinski definition) is 4. The van der Waals surface area contributed by atoms with E-state index in [0.29, 0.717) is 19.3 Å². The van der Waals surface area contributed by atoms with Crippen LogP contribution in [0.4, 0.5) is 4.79 Å². The van der Waals surface area contributed by atoms with Crippen molar-refractivity contribution in [3.05, 3.63) is 71.8 Å². The molecule has 0 saturated carbocycles. The van der Waals surface area contributed by atoms with Crippen LogP contribution in [0.3, 0.4) is 0 Å². The zero-order valence-electron chi connectivity index (χ0n) is 20.1. The van der Waals surface area contributed by atoms with Crippen molar-refractivity contribution in [2.24, 2.45) is 11.8 Å². The first kappa shape index (κ1) is 24.5. The molecule has 35 heavy (non-hydrogen) atoms. The maximum atomic E-state index is 13.0. The summed E-state index contributed by atoms with van der Waals surface area (Å²) < 4.78 is 5.63. The highest BCUT2D eigenvalue weighted by molar-refractivity contribution is 5.86. The van der Waals surface area contributed by atoms with Gasteiger partial charge in [-0.2, -0.15) is 0 Å². The van der Waals surface area contributed by atoms with Gasteiger partial charge in [0.25, 0.3) is 0 Å². The van der Waals surface area contributed by atoms with Crippen LogP contribution < -0.4 is 10.6 Å². The zero-order chi connectivity index (χ0) is 24.9. The number of alkyl carbamates (subject to hydrolysis) is 1. The van der Waals surface area contributed by atoms with Gasteiger partial charge in [-0.3, -0.25) is 9.59 Å². The van der Waals surface area contributed by atoms with Gasteiger partial charge < -0.3 is 20.5 Å². The van der Waals surface area contributed by atoms with Crippen molar-refractivity contribution in [1.82, 2.24) is 10.6 Å².